The molecule has 0 unspecified atom stereocenters. The Kier molecular flexibility index (Phi) is 6.66. The number of H-pyrrole nitrogens is 1. The molecule has 190 valence electrons. The van der Waals surface area contributed by atoms with E-state index < -0.39 is 11.7 Å². The highest BCUT2D eigenvalue weighted by molar-refractivity contribution is 6.45. The van der Waals surface area contributed by atoms with Gasteiger partial charge < -0.3 is 20.9 Å². The minimum absolute atomic E-state index is 0.0510. The fourth-order valence-electron chi connectivity index (χ4n) is 4.48. The number of ketones is 1. The van der Waals surface area contributed by atoms with Crippen molar-refractivity contribution in [2.24, 2.45) is 5.73 Å². The number of nitrogens with one attached hydrogen (secondary N) is 2. The van der Waals surface area contributed by atoms with Crippen molar-refractivity contribution < 1.29 is 14.0 Å². The second-order valence-corrected chi connectivity index (χ2v) is 9.53. The van der Waals surface area contributed by atoms with Gasteiger partial charge in [0, 0.05) is 48.8 Å². The zero-order valence-corrected chi connectivity index (χ0v) is 20.7. The van der Waals surface area contributed by atoms with Crippen LogP contribution in [-0.4, -0.2) is 55.7 Å². The Bertz CT molecular complexity index is 1460. The van der Waals surface area contributed by atoms with E-state index >= 15 is 0 Å². The van der Waals surface area contributed by atoms with Gasteiger partial charge in [0.25, 0.3) is 11.7 Å². The van der Waals surface area contributed by atoms with E-state index in [1.165, 1.54) is 18.3 Å². The first kappa shape index (κ1) is 24.5. The molecule has 0 bridgehead atoms. The number of rotatable bonds is 6. The molecular weight excluding hydrogens is 473 g/mol. The van der Waals surface area contributed by atoms with Crippen LogP contribution in [-0.2, 0) is 4.79 Å². The van der Waals surface area contributed by atoms with Gasteiger partial charge in [-0.3, -0.25) is 9.59 Å². The SMILES string of the molecule is CC(C)c1cnc(-c2ccc(F)cc2)nc1Nc1ccnc2[nH]cc(C(=O)C(=O)N3CCC(N)CC3)c12. The Morgan fingerprint density at radius 3 is 2.57 bits per heavy atom. The van der Waals surface area contributed by atoms with E-state index in [4.69, 9.17) is 10.7 Å². The minimum atomic E-state index is -0.600. The highest BCUT2D eigenvalue weighted by atomic mass is 19.1. The number of amides is 1. The fraction of sp³-hybridized carbons (Fsp3) is 0.296. The first-order valence-corrected chi connectivity index (χ1v) is 12.3. The molecule has 1 saturated heterocycles. The smallest absolute Gasteiger partial charge is 0.295 e. The molecule has 1 aromatic carbocycles. The summed E-state index contributed by atoms with van der Waals surface area (Å²) in [4.78, 5) is 44.4. The lowest BCUT2D eigenvalue weighted by Gasteiger charge is -2.29. The normalized spacial score (nSPS) is 14.4. The summed E-state index contributed by atoms with van der Waals surface area (Å²) in [6, 6.07) is 7.75. The van der Waals surface area contributed by atoms with Crippen LogP contribution in [0.2, 0.25) is 0 Å². The second kappa shape index (κ2) is 10.1. The summed E-state index contributed by atoms with van der Waals surface area (Å²) in [5.74, 6) is -0.412. The molecule has 3 aromatic heterocycles. The van der Waals surface area contributed by atoms with Gasteiger partial charge in [-0.05, 0) is 49.1 Å². The second-order valence-electron chi connectivity index (χ2n) is 9.53. The predicted octanol–water partition coefficient (Wildman–Crippen LogP) is 4.16. The molecule has 0 radical (unpaired) electrons. The van der Waals surface area contributed by atoms with E-state index in [0.29, 0.717) is 59.9 Å². The zero-order valence-electron chi connectivity index (χ0n) is 20.7. The molecule has 5 rings (SSSR count). The molecule has 1 aliphatic heterocycles. The summed E-state index contributed by atoms with van der Waals surface area (Å²) < 4.78 is 13.4. The van der Waals surface area contributed by atoms with Gasteiger partial charge in [-0.2, -0.15) is 0 Å². The molecule has 4 heterocycles. The average Bonchev–Trinajstić information content (AvgIpc) is 3.34. The molecule has 37 heavy (non-hydrogen) atoms. The monoisotopic (exact) mass is 501 g/mol. The number of likely N-dealkylation sites (tertiary alicyclic amines) is 1. The van der Waals surface area contributed by atoms with Gasteiger partial charge in [-0.1, -0.05) is 13.8 Å². The largest absolute Gasteiger partial charge is 0.345 e. The molecular formula is C27H28FN7O2. The van der Waals surface area contributed by atoms with Crippen molar-refractivity contribution in [3.63, 3.8) is 0 Å². The van der Waals surface area contributed by atoms with Gasteiger partial charge in [0.2, 0.25) is 0 Å². The van der Waals surface area contributed by atoms with Gasteiger partial charge >= 0.3 is 0 Å². The number of benzene rings is 1. The summed E-state index contributed by atoms with van der Waals surface area (Å²) >= 11 is 0. The van der Waals surface area contributed by atoms with Gasteiger partial charge in [0.1, 0.15) is 17.3 Å². The van der Waals surface area contributed by atoms with Gasteiger partial charge in [-0.15, -0.1) is 0 Å². The van der Waals surface area contributed by atoms with E-state index in [0.717, 1.165) is 5.56 Å². The van der Waals surface area contributed by atoms with E-state index in [1.807, 2.05) is 13.8 Å². The summed E-state index contributed by atoms with van der Waals surface area (Å²) in [6.45, 7) is 4.97. The third-order valence-electron chi connectivity index (χ3n) is 6.63. The third-order valence-corrected chi connectivity index (χ3v) is 6.63. The number of piperidine rings is 1. The molecule has 4 N–H and O–H groups in total. The number of pyridine rings is 1. The molecule has 9 nitrogen and oxygen atoms in total. The Morgan fingerprint density at radius 1 is 1.14 bits per heavy atom. The fourth-order valence-corrected chi connectivity index (χ4v) is 4.48. The standard InChI is InChI=1S/C27H28FN7O2/c1-15(2)19-13-31-24(16-3-5-17(28)6-4-16)34-25(19)33-21-7-10-30-26-22(21)20(14-32-26)23(36)27(37)35-11-8-18(29)9-12-35/h3-7,10,13-15,18H,8-9,11-12,29H2,1-2H3,(H2,30,31,32,33,34). The number of carbonyl (C=O) groups excluding carboxylic acids is 2. The number of aromatic amines is 1. The molecule has 0 spiro atoms. The van der Waals surface area contributed by atoms with E-state index in [1.54, 1.807) is 35.5 Å². The molecule has 10 heteroatoms. The molecule has 1 fully saturated rings. The van der Waals surface area contributed by atoms with Crippen molar-refractivity contribution in [1.29, 1.82) is 0 Å². The number of fused-ring (bicyclic) bond motifs is 1. The van der Waals surface area contributed by atoms with Crippen molar-refractivity contribution >= 4 is 34.2 Å². The number of halogens is 1. The van der Waals surface area contributed by atoms with Crippen molar-refractivity contribution in [3.05, 3.63) is 65.9 Å². The highest BCUT2D eigenvalue weighted by Crippen LogP contribution is 2.32. The molecule has 0 saturated carbocycles. The van der Waals surface area contributed by atoms with Crippen LogP contribution in [0.3, 0.4) is 0 Å². The number of nitrogens with two attached hydrogens (primary N) is 1. The van der Waals surface area contributed by atoms with Crippen LogP contribution >= 0.6 is 0 Å². The lowest BCUT2D eigenvalue weighted by molar-refractivity contribution is -0.127. The summed E-state index contributed by atoms with van der Waals surface area (Å²) in [5.41, 5.74) is 8.77. The van der Waals surface area contributed by atoms with Crippen LogP contribution in [0.5, 0.6) is 0 Å². The number of anilines is 2. The number of carbonyl (C=O) groups is 2. The van der Waals surface area contributed by atoms with E-state index in [2.05, 4.69) is 20.3 Å². The topological polar surface area (TPSA) is 130 Å². The van der Waals surface area contributed by atoms with Crippen molar-refractivity contribution in [3.8, 4) is 11.4 Å². The maximum Gasteiger partial charge on any atom is 0.295 e. The molecule has 1 aliphatic rings. The van der Waals surface area contributed by atoms with Crippen LogP contribution in [0.4, 0.5) is 15.9 Å². The van der Waals surface area contributed by atoms with Crippen LogP contribution in [0.25, 0.3) is 22.4 Å². The highest BCUT2D eigenvalue weighted by Gasteiger charge is 2.29. The predicted molar refractivity (Wildman–Crippen MR) is 139 cm³/mol. The molecule has 1 amide bonds. The zero-order chi connectivity index (χ0) is 26.1. The van der Waals surface area contributed by atoms with Crippen molar-refractivity contribution in [2.75, 3.05) is 18.4 Å². The van der Waals surface area contributed by atoms with E-state index in [9.17, 15) is 14.0 Å². The Hall–Kier alpha value is -4.18. The van der Waals surface area contributed by atoms with Crippen molar-refractivity contribution in [2.45, 2.75) is 38.6 Å². The molecule has 4 aromatic rings. The third kappa shape index (κ3) is 4.92. The van der Waals surface area contributed by atoms with Crippen molar-refractivity contribution in [1.82, 2.24) is 24.8 Å². The molecule has 0 aliphatic carbocycles. The summed E-state index contributed by atoms with van der Waals surface area (Å²) in [5, 5.41) is 3.85. The number of hydrogen-bond donors (Lipinski definition) is 3. The average molecular weight is 502 g/mol. The van der Waals surface area contributed by atoms with Gasteiger partial charge in [-0.25, -0.2) is 19.3 Å². The first-order chi connectivity index (χ1) is 17.8. The number of aromatic nitrogens is 4. The Labute approximate surface area is 213 Å². The number of nitrogens with zero attached hydrogens (tertiary/aromatic N) is 4. The first-order valence-electron chi connectivity index (χ1n) is 12.3. The maximum absolute atomic E-state index is 13.4. The van der Waals surface area contributed by atoms with Crippen LogP contribution < -0.4 is 11.1 Å². The van der Waals surface area contributed by atoms with Crippen LogP contribution in [0.1, 0.15) is 48.5 Å². The van der Waals surface area contributed by atoms with Crippen LogP contribution in [0, 0.1) is 5.82 Å². The summed E-state index contributed by atoms with van der Waals surface area (Å²) in [6.07, 6.45) is 6.21. The lowest BCUT2D eigenvalue weighted by atomic mass is 10.0. The van der Waals surface area contributed by atoms with Crippen LogP contribution in [0.15, 0.2) is 48.9 Å². The summed E-state index contributed by atoms with van der Waals surface area (Å²) in [7, 11) is 0. The lowest BCUT2D eigenvalue weighted by Crippen LogP contribution is -2.45. The quantitative estimate of drug-likeness (QED) is 0.267. The van der Waals surface area contributed by atoms with Gasteiger partial charge in [0.05, 0.1) is 16.6 Å². The molecule has 0 atom stereocenters. The maximum atomic E-state index is 13.4. The number of hydrogen-bond acceptors (Lipinski definition) is 7. The van der Waals surface area contributed by atoms with E-state index in [-0.39, 0.29) is 23.3 Å². The Morgan fingerprint density at radius 2 is 1.86 bits per heavy atom. The number of Topliss-reactive ketones (excluding diaryl/α,β-unsaturated/α-hetero) is 1. The minimum Gasteiger partial charge on any atom is -0.345 e. The Balaban J connectivity index is 1.52. The van der Waals surface area contributed by atoms with Gasteiger partial charge in [0.15, 0.2) is 5.82 Å².